The molecule has 128 valence electrons. The predicted octanol–water partition coefficient (Wildman–Crippen LogP) is 2.26. The molecule has 0 aromatic carbocycles. The summed E-state index contributed by atoms with van der Waals surface area (Å²) in [6.07, 6.45) is 5.85. The molecule has 6 nitrogen and oxygen atoms in total. The Bertz CT molecular complexity index is 303. The zero-order chi connectivity index (χ0) is 16.5. The van der Waals surface area contributed by atoms with Crippen molar-refractivity contribution < 1.29 is 28.5 Å². The summed E-state index contributed by atoms with van der Waals surface area (Å²) in [5.74, 6) is -0.628. The van der Waals surface area contributed by atoms with Gasteiger partial charge in [-0.05, 0) is 6.42 Å². The summed E-state index contributed by atoms with van der Waals surface area (Å²) >= 11 is 0. The Kier molecular flexibility index (Phi) is 15.0. The molecule has 0 aliphatic rings. The summed E-state index contributed by atoms with van der Waals surface area (Å²) in [4.78, 5) is 22.1. The largest absolute Gasteiger partial charge is 0.463 e. The number of unbranched alkanes of at least 4 members (excludes halogenated alkanes) is 3. The van der Waals surface area contributed by atoms with Gasteiger partial charge in [-0.15, -0.1) is 0 Å². The highest BCUT2D eigenvalue weighted by Gasteiger charge is 2.02. The highest BCUT2D eigenvalue weighted by atomic mass is 16.6. The zero-order valence-electron chi connectivity index (χ0n) is 13.5. The monoisotopic (exact) mass is 316 g/mol. The van der Waals surface area contributed by atoms with Crippen molar-refractivity contribution in [2.45, 2.75) is 39.0 Å². The van der Waals surface area contributed by atoms with E-state index in [-0.39, 0.29) is 19.2 Å². The Balaban J connectivity index is 3.18. The van der Waals surface area contributed by atoms with Gasteiger partial charge in [0.1, 0.15) is 13.2 Å². The van der Waals surface area contributed by atoms with Gasteiger partial charge in [0.15, 0.2) is 0 Å². The maximum Gasteiger partial charge on any atom is 0.330 e. The highest BCUT2D eigenvalue weighted by molar-refractivity contribution is 5.81. The van der Waals surface area contributed by atoms with Crippen molar-refractivity contribution in [2.75, 3.05) is 39.6 Å². The van der Waals surface area contributed by atoms with Crippen LogP contribution < -0.4 is 0 Å². The molecule has 0 bridgehead atoms. The molecule has 0 spiro atoms. The lowest BCUT2D eigenvalue weighted by molar-refractivity contribution is -0.145. The number of carbonyl (C=O) groups is 2. The van der Waals surface area contributed by atoms with E-state index in [2.05, 4.69) is 13.5 Å². The lowest BCUT2D eigenvalue weighted by atomic mass is 10.2. The second kappa shape index (κ2) is 16.0. The Morgan fingerprint density at radius 2 is 1.45 bits per heavy atom. The van der Waals surface area contributed by atoms with Crippen LogP contribution in [0.1, 0.15) is 39.0 Å². The highest BCUT2D eigenvalue weighted by Crippen LogP contribution is 2.03. The van der Waals surface area contributed by atoms with Gasteiger partial charge in [-0.2, -0.15) is 0 Å². The Labute approximate surface area is 132 Å². The maximum atomic E-state index is 11.3. The van der Waals surface area contributed by atoms with Gasteiger partial charge in [0.25, 0.3) is 0 Å². The molecular formula is C16H28O6. The molecule has 0 N–H and O–H groups in total. The fourth-order valence-electron chi connectivity index (χ4n) is 1.56. The third-order valence-electron chi connectivity index (χ3n) is 2.74. The van der Waals surface area contributed by atoms with Crippen molar-refractivity contribution in [2.24, 2.45) is 0 Å². The van der Waals surface area contributed by atoms with Crippen molar-refractivity contribution in [3.05, 3.63) is 12.7 Å². The van der Waals surface area contributed by atoms with Crippen LogP contribution in [-0.4, -0.2) is 51.6 Å². The Hall–Kier alpha value is -1.40. The number of ether oxygens (including phenoxy) is 4. The average Bonchev–Trinajstić information content (AvgIpc) is 2.53. The molecule has 0 fully saturated rings. The van der Waals surface area contributed by atoms with E-state index in [4.69, 9.17) is 18.9 Å². The first-order valence-electron chi connectivity index (χ1n) is 7.81. The molecule has 0 aliphatic heterocycles. The quantitative estimate of drug-likeness (QED) is 0.262. The van der Waals surface area contributed by atoms with Crippen molar-refractivity contribution >= 4 is 11.9 Å². The summed E-state index contributed by atoms with van der Waals surface area (Å²) in [7, 11) is 0. The van der Waals surface area contributed by atoms with E-state index in [1.807, 2.05) is 0 Å². The fraction of sp³-hybridized carbons (Fsp3) is 0.750. The van der Waals surface area contributed by atoms with Crippen molar-refractivity contribution in [1.82, 2.24) is 0 Å². The topological polar surface area (TPSA) is 71.1 Å². The van der Waals surface area contributed by atoms with Gasteiger partial charge in [0.2, 0.25) is 0 Å². The van der Waals surface area contributed by atoms with Gasteiger partial charge >= 0.3 is 11.9 Å². The third-order valence-corrected chi connectivity index (χ3v) is 2.74. The standard InChI is InChI=1S/C16H28O6/c1-3-5-6-7-8-16(18)22-14-12-20-10-9-19-11-13-21-15(17)4-2/h4H,2-3,5-14H2,1H3. The van der Waals surface area contributed by atoms with Gasteiger partial charge in [-0.1, -0.05) is 32.8 Å². The average molecular weight is 316 g/mol. The van der Waals surface area contributed by atoms with E-state index >= 15 is 0 Å². The molecule has 0 aliphatic carbocycles. The van der Waals surface area contributed by atoms with E-state index in [0.29, 0.717) is 32.8 Å². The minimum absolute atomic E-state index is 0.167. The van der Waals surface area contributed by atoms with E-state index in [9.17, 15) is 9.59 Å². The fourth-order valence-corrected chi connectivity index (χ4v) is 1.56. The summed E-state index contributed by atoms with van der Waals surface area (Å²) < 4.78 is 20.2. The predicted molar refractivity (Wildman–Crippen MR) is 82.5 cm³/mol. The van der Waals surface area contributed by atoms with Crippen LogP contribution in [0, 0.1) is 0 Å². The molecule has 22 heavy (non-hydrogen) atoms. The molecule has 0 heterocycles. The molecule has 0 atom stereocenters. The van der Waals surface area contributed by atoms with Crippen LogP contribution in [0.5, 0.6) is 0 Å². The zero-order valence-corrected chi connectivity index (χ0v) is 13.5. The van der Waals surface area contributed by atoms with Gasteiger partial charge < -0.3 is 18.9 Å². The van der Waals surface area contributed by atoms with Crippen LogP contribution in [0.15, 0.2) is 12.7 Å². The molecule has 0 aromatic rings. The van der Waals surface area contributed by atoms with Gasteiger partial charge in [0.05, 0.1) is 26.4 Å². The molecule has 0 unspecified atom stereocenters. The molecule has 0 radical (unpaired) electrons. The van der Waals surface area contributed by atoms with Crippen molar-refractivity contribution in [3.63, 3.8) is 0 Å². The number of hydrogen-bond donors (Lipinski definition) is 0. The molecular weight excluding hydrogens is 288 g/mol. The van der Waals surface area contributed by atoms with Gasteiger partial charge in [0, 0.05) is 12.5 Å². The van der Waals surface area contributed by atoms with E-state index in [1.54, 1.807) is 0 Å². The number of hydrogen-bond acceptors (Lipinski definition) is 6. The van der Waals surface area contributed by atoms with Crippen molar-refractivity contribution in [1.29, 1.82) is 0 Å². The SMILES string of the molecule is C=CC(=O)OCCOCCOCCOC(=O)CCCCCC. The normalized spacial score (nSPS) is 10.2. The first kappa shape index (κ1) is 20.6. The molecule has 6 heteroatoms. The first-order chi connectivity index (χ1) is 10.7. The van der Waals surface area contributed by atoms with Crippen molar-refractivity contribution in [3.8, 4) is 0 Å². The lowest BCUT2D eigenvalue weighted by Crippen LogP contribution is -2.14. The van der Waals surface area contributed by atoms with Crippen LogP contribution in [0.4, 0.5) is 0 Å². The summed E-state index contributed by atoms with van der Waals surface area (Å²) in [5, 5.41) is 0. The third kappa shape index (κ3) is 15.0. The molecule has 0 rings (SSSR count). The first-order valence-corrected chi connectivity index (χ1v) is 7.81. The van der Waals surface area contributed by atoms with Crippen LogP contribution in [0.2, 0.25) is 0 Å². The van der Waals surface area contributed by atoms with Crippen LogP contribution in [0.3, 0.4) is 0 Å². The molecule has 0 saturated heterocycles. The van der Waals surface area contributed by atoms with E-state index in [0.717, 1.165) is 31.8 Å². The van der Waals surface area contributed by atoms with Crippen LogP contribution >= 0.6 is 0 Å². The summed E-state index contributed by atoms with van der Waals surface area (Å²) in [5.41, 5.74) is 0. The Morgan fingerprint density at radius 1 is 0.864 bits per heavy atom. The van der Waals surface area contributed by atoms with Gasteiger partial charge in [-0.25, -0.2) is 4.79 Å². The number of rotatable bonds is 15. The number of carbonyl (C=O) groups excluding carboxylic acids is 2. The van der Waals surface area contributed by atoms with E-state index in [1.165, 1.54) is 0 Å². The summed E-state index contributed by atoms with van der Waals surface area (Å²) in [6, 6.07) is 0. The van der Waals surface area contributed by atoms with Crippen LogP contribution in [-0.2, 0) is 28.5 Å². The second-order valence-corrected chi connectivity index (χ2v) is 4.63. The summed E-state index contributed by atoms with van der Waals surface area (Å²) in [6.45, 7) is 7.36. The minimum Gasteiger partial charge on any atom is -0.463 e. The van der Waals surface area contributed by atoms with Gasteiger partial charge in [-0.3, -0.25) is 4.79 Å². The smallest absolute Gasteiger partial charge is 0.330 e. The Morgan fingerprint density at radius 3 is 2.05 bits per heavy atom. The number of esters is 2. The lowest BCUT2D eigenvalue weighted by Gasteiger charge is -2.07. The van der Waals surface area contributed by atoms with Crippen LogP contribution in [0.25, 0.3) is 0 Å². The van der Waals surface area contributed by atoms with E-state index < -0.39 is 5.97 Å². The second-order valence-electron chi connectivity index (χ2n) is 4.63. The molecule has 0 amide bonds. The maximum absolute atomic E-state index is 11.3. The molecule has 0 aromatic heterocycles. The minimum atomic E-state index is -0.462. The molecule has 0 saturated carbocycles.